The van der Waals surface area contributed by atoms with E-state index in [0.717, 1.165) is 32.1 Å². The smallest absolute Gasteiger partial charge is 0.186 e. The van der Waals surface area contributed by atoms with E-state index in [1.54, 1.807) is 0 Å². The molecule has 0 bridgehead atoms. The minimum atomic E-state index is -1.41. The highest BCUT2D eigenvalue weighted by molar-refractivity contribution is 5.42. The second-order valence-corrected chi connectivity index (χ2v) is 11.1. The van der Waals surface area contributed by atoms with E-state index in [-0.39, 0.29) is 10.8 Å². The number of aliphatic hydroxyl groups excluding tert-OH is 4. The molecule has 32 heavy (non-hydrogen) atoms. The molecular weight excluding hydrogens is 408 g/mol. The van der Waals surface area contributed by atoms with Crippen molar-refractivity contribution in [2.45, 2.75) is 102 Å². The number of aryl methyl sites for hydroxylation is 1. The Bertz CT molecular complexity index is 810. The highest BCUT2D eigenvalue weighted by atomic mass is 16.7. The second kappa shape index (κ2) is 8.97. The van der Waals surface area contributed by atoms with Crippen molar-refractivity contribution in [3.8, 4) is 0 Å². The number of fused-ring (bicyclic) bond motifs is 3. The van der Waals surface area contributed by atoms with Gasteiger partial charge in [0.05, 0.1) is 13.2 Å². The van der Waals surface area contributed by atoms with E-state index in [1.807, 2.05) is 0 Å². The van der Waals surface area contributed by atoms with Gasteiger partial charge in [0, 0.05) is 0 Å². The fourth-order valence-corrected chi connectivity index (χ4v) is 6.65. The minimum Gasteiger partial charge on any atom is -0.394 e. The van der Waals surface area contributed by atoms with E-state index in [2.05, 4.69) is 45.9 Å². The van der Waals surface area contributed by atoms with Gasteiger partial charge in [0.15, 0.2) is 6.29 Å². The molecule has 0 spiro atoms. The number of aliphatic hydroxyl groups is 4. The van der Waals surface area contributed by atoms with Gasteiger partial charge in [0.25, 0.3) is 0 Å². The van der Waals surface area contributed by atoms with Gasteiger partial charge in [0.1, 0.15) is 24.4 Å². The monoisotopic (exact) mass is 448 g/mol. The lowest BCUT2D eigenvalue weighted by Crippen LogP contribution is -2.60. The predicted octanol–water partition coefficient (Wildman–Crippen LogP) is 2.64. The molecule has 3 aliphatic rings. The zero-order chi connectivity index (χ0) is 23.3. The highest BCUT2D eigenvalue weighted by Crippen LogP contribution is 2.57. The topological polar surface area (TPSA) is 99.4 Å². The van der Waals surface area contributed by atoms with Gasteiger partial charge in [-0.25, -0.2) is 0 Å². The summed E-state index contributed by atoms with van der Waals surface area (Å²) < 4.78 is 11.7. The molecule has 1 aromatic rings. The van der Waals surface area contributed by atoms with Crippen LogP contribution >= 0.6 is 0 Å². The Kier molecular flexibility index (Phi) is 6.76. The van der Waals surface area contributed by atoms with Gasteiger partial charge < -0.3 is 29.9 Å². The maximum Gasteiger partial charge on any atom is 0.186 e. The molecule has 6 heteroatoms. The first-order valence-electron chi connectivity index (χ1n) is 12.2. The maximum atomic E-state index is 10.4. The SMILES string of the molecule is CC(C)c1ccc2c(c1)CC[C@H]1[C@](C)(CO[C@@H]3O[C@H](CO)[C@@H](O)[C@H](O)[C@H]3O)CCC[C@]21C. The van der Waals surface area contributed by atoms with E-state index in [1.165, 1.54) is 16.7 Å². The first-order valence-corrected chi connectivity index (χ1v) is 12.2. The van der Waals surface area contributed by atoms with Crippen LogP contribution < -0.4 is 0 Å². The maximum absolute atomic E-state index is 10.4. The summed E-state index contributed by atoms with van der Waals surface area (Å²) in [6.07, 6.45) is -0.697. The van der Waals surface area contributed by atoms with E-state index in [9.17, 15) is 20.4 Å². The minimum absolute atomic E-state index is 0.0782. The third-order valence-electron chi connectivity index (χ3n) is 8.59. The molecule has 4 rings (SSSR count). The van der Waals surface area contributed by atoms with Crippen molar-refractivity contribution in [3.05, 3.63) is 34.9 Å². The van der Waals surface area contributed by atoms with Crippen molar-refractivity contribution < 1.29 is 29.9 Å². The summed E-state index contributed by atoms with van der Waals surface area (Å²) in [4.78, 5) is 0. The van der Waals surface area contributed by atoms with Gasteiger partial charge in [0.2, 0.25) is 0 Å². The highest BCUT2D eigenvalue weighted by Gasteiger charge is 2.53. The van der Waals surface area contributed by atoms with Crippen molar-refractivity contribution in [3.63, 3.8) is 0 Å². The number of benzene rings is 1. The lowest BCUT2D eigenvalue weighted by Gasteiger charge is -2.56. The number of rotatable bonds is 5. The third-order valence-corrected chi connectivity index (χ3v) is 8.59. The normalized spacial score (nSPS) is 41.9. The van der Waals surface area contributed by atoms with Gasteiger partial charge in [-0.1, -0.05) is 52.3 Å². The van der Waals surface area contributed by atoms with Crippen LogP contribution in [0.5, 0.6) is 0 Å². The van der Waals surface area contributed by atoms with E-state index < -0.39 is 37.3 Å². The molecule has 0 aromatic heterocycles. The largest absolute Gasteiger partial charge is 0.394 e. The number of hydrogen-bond donors (Lipinski definition) is 4. The Morgan fingerprint density at radius 2 is 1.84 bits per heavy atom. The molecule has 1 saturated heterocycles. The van der Waals surface area contributed by atoms with Gasteiger partial charge >= 0.3 is 0 Å². The second-order valence-electron chi connectivity index (χ2n) is 11.1. The molecule has 2 aliphatic carbocycles. The summed E-state index contributed by atoms with van der Waals surface area (Å²) in [6, 6.07) is 7.03. The summed E-state index contributed by atoms with van der Waals surface area (Å²) >= 11 is 0. The summed E-state index contributed by atoms with van der Waals surface area (Å²) in [5.41, 5.74) is 4.33. The van der Waals surface area contributed by atoms with Gasteiger partial charge in [-0.05, 0) is 65.0 Å². The molecular formula is C26H40O6. The fraction of sp³-hybridized carbons (Fsp3) is 0.769. The number of hydrogen-bond acceptors (Lipinski definition) is 6. The summed E-state index contributed by atoms with van der Waals surface area (Å²) in [5.74, 6) is 0.959. The predicted molar refractivity (Wildman–Crippen MR) is 121 cm³/mol. The molecule has 2 fully saturated rings. The third kappa shape index (κ3) is 4.04. The Labute approximate surface area is 191 Å². The Hall–Kier alpha value is -1.02. The van der Waals surface area contributed by atoms with Gasteiger partial charge in [-0.15, -0.1) is 0 Å². The van der Waals surface area contributed by atoms with Crippen LogP contribution in [-0.2, 0) is 21.3 Å². The van der Waals surface area contributed by atoms with Crippen LogP contribution in [0.3, 0.4) is 0 Å². The van der Waals surface area contributed by atoms with Gasteiger partial charge in [-0.3, -0.25) is 0 Å². The van der Waals surface area contributed by atoms with Crippen LogP contribution in [0.15, 0.2) is 18.2 Å². The van der Waals surface area contributed by atoms with Crippen molar-refractivity contribution in [1.82, 2.24) is 0 Å². The van der Waals surface area contributed by atoms with Crippen LogP contribution in [0.2, 0.25) is 0 Å². The molecule has 0 unspecified atom stereocenters. The van der Waals surface area contributed by atoms with Gasteiger partial charge in [-0.2, -0.15) is 0 Å². The molecule has 1 aliphatic heterocycles. The summed E-state index contributed by atoms with van der Waals surface area (Å²) in [7, 11) is 0. The van der Waals surface area contributed by atoms with Crippen LogP contribution in [0.4, 0.5) is 0 Å². The molecule has 1 aromatic carbocycles. The first kappa shape index (κ1) is 24.1. The van der Waals surface area contributed by atoms with Crippen LogP contribution in [-0.4, -0.2) is 64.3 Å². The van der Waals surface area contributed by atoms with Crippen molar-refractivity contribution in [2.24, 2.45) is 11.3 Å². The van der Waals surface area contributed by atoms with Crippen molar-refractivity contribution in [1.29, 1.82) is 0 Å². The molecule has 1 heterocycles. The van der Waals surface area contributed by atoms with Crippen LogP contribution in [0.25, 0.3) is 0 Å². The molecule has 0 radical (unpaired) electrons. The standard InChI is InChI=1S/C26H40O6/c1-15(2)16-6-8-18-17(12-16)7-9-20-25(3,10-5-11-26(18,20)4)14-31-24-23(30)22(29)21(28)19(13-27)32-24/h6,8,12,15,19-24,27-30H,5,7,9-11,13-14H2,1-4H3/t19-,20+,21-,22+,23-,24-,25+,26-/m1/s1. The molecule has 6 nitrogen and oxygen atoms in total. The van der Waals surface area contributed by atoms with Crippen molar-refractivity contribution in [2.75, 3.05) is 13.2 Å². The van der Waals surface area contributed by atoms with E-state index in [0.29, 0.717) is 18.4 Å². The molecule has 1 saturated carbocycles. The molecule has 8 atom stereocenters. The Balaban J connectivity index is 1.53. The average molecular weight is 449 g/mol. The number of ether oxygens (including phenoxy) is 2. The van der Waals surface area contributed by atoms with E-state index >= 15 is 0 Å². The Morgan fingerprint density at radius 3 is 2.53 bits per heavy atom. The lowest BCUT2D eigenvalue weighted by molar-refractivity contribution is -0.308. The summed E-state index contributed by atoms with van der Waals surface area (Å²) in [5, 5.41) is 40.0. The summed E-state index contributed by atoms with van der Waals surface area (Å²) in [6.45, 7) is 9.10. The Morgan fingerprint density at radius 1 is 1.09 bits per heavy atom. The van der Waals surface area contributed by atoms with E-state index in [4.69, 9.17) is 9.47 Å². The lowest BCUT2D eigenvalue weighted by atomic mass is 9.50. The quantitative estimate of drug-likeness (QED) is 0.553. The fourth-order valence-electron chi connectivity index (χ4n) is 6.65. The molecule has 180 valence electrons. The van der Waals surface area contributed by atoms with Crippen LogP contribution in [0, 0.1) is 11.3 Å². The zero-order valence-corrected chi connectivity index (χ0v) is 19.8. The van der Waals surface area contributed by atoms with Crippen molar-refractivity contribution >= 4 is 0 Å². The molecule has 4 N–H and O–H groups in total. The first-order chi connectivity index (χ1) is 15.1. The zero-order valence-electron chi connectivity index (χ0n) is 19.8. The molecule has 0 amide bonds. The average Bonchev–Trinajstić information content (AvgIpc) is 2.76. The van der Waals surface area contributed by atoms with Crippen LogP contribution in [0.1, 0.15) is 76.0 Å².